The Morgan fingerprint density at radius 2 is 2.18 bits per heavy atom. The third-order valence-corrected chi connectivity index (χ3v) is 5.66. The summed E-state index contributed by atoms with van der Waals surface area (Å²) in [6, 6.07) is 16.1. The number of aromatic nitrogens is 1. The first kappa shape index (κ1) is 18.9. The van der Waals surface area contributed by atoms with E-state index in [9.17, 15) is 4.79 Å². The van der Waals surface area contributed by atoms with E-state index in [-0.39, 0.29) is 12.0 Å². The fraction of sp³-hybridized carbons (Fsp3) is 0.333. The number of morpholine rings is 1. The fourth-order valence-corrected chi connectivity index (χ4v) is 4.26. The number of methoxy groups -OCH3 is 1. The highest BCUT2D eigenvalue weighted by Gasteiger charge is 2.23. The standard InChI is InChI=1S/C21H23N3O3S/c1-26-16-7-8-18-19(11-16)28-21(22-18)23-20(25)12-17-14-24(9-10-27-17)13-15-5-3-2-4-6-15/h2-8,11,17H,9-10,12-14H2,1H3,(H,22,23,25). The molecule has 6 nitrogen and oxygen atoms in total. The summed E-state index contributed by atoms with van der Waals surface area (Å²) >= 11 is 1.45. The lowest BCUT2D eigenvalue weighted by Crippen LogP contribution is -2.43. The number of carbonyl (C=O) groups excluding carboxylic acids is 1. The number of nitrogens with one attached hydrogen (secondary N) is 1. The number of ether oxygens (including phenoxy) is 2. The van der Waals surface area contributed by atoms with E-state index in [1.807, 2.05) is 36.4 Å². The van der Waals surface area contributed by atoms with Gasteiger partial charge in [-0.3, -0.25) is 9.69 Å². The Balaban J connectivity index is 1.33. The van der Waals surface area contributed by atoms with Crippen molar-refractivity contribution in [3.8, 4) is 5.75 Å². The van der Waals surface area contributed by atoms with Gasteiger partial charge >= 0.3 is 0 Å². The van der Waals surface area contributed by atoms with Crippen molar-refractivity contribution >= 4 is 32.6 Å². The molecule has 28 heavy (non-hydrogen) atoms. The van der Waals surface area contributed by atoms with Crippen LogP contribution in [0.5, 0.6) is 5.75 Å². The quantitative estimate of drug-likeness (QED) is 0.689. The van der Waals surface area contributed by atoms with E-state index in [1.165, 1.54) is 16.9 Å². The van der Waals surface area contributed by atoms with Crippen molar-refractivity contribution in [2.24, 2.45) is 0 Å². The minimum absolute atomic E-state index is 0.0717. The molecular weight excluding hydrogens is 374 g/mol. The van der Waals surface area contributed by atoms with Gasteiger partial charge in [0.15, 0.2) is 5.13 Å². The molecule has 1 aliphatic heterocycles. The van der Waals surface area contributed by atoms with Crippen LogP contribution in [-0.4, -0.2) is 48.7 Å². The number of amides is 1. The molecule has 2 aromatic carbocycles. The highest BCUT2D eigenvalue weighted by molar-refractivity contribution is 7.22. The van der Waals surface area contributed by atoms with Gasteiger partial charge in [0.25, 0.3) is 0 Å². The van der Waals surface area contributed by atoms with Gasteiger partial charge in [0.05, 0.1) is 36.5 Å². The molecule has 4 rings (SSSR count). The summed E-state index contributed by atoms with van der Waals surface area (Å²) in [6.07, 6.45) is 0.219. The molecule has 1 aromatic heterocycles. The van der Waals surface area contributed by atoms with Crippen molar-refractivity contribution in [2.75, 3.05) is 32.1 Å². The first-order chi connectivity index (χ1) is 13.7. The summed E-state index contributed by atoms with van der Waals surface area (Å²) in [5.74, 6) is 0.709. The highest BCUT2D eigenvalue weighted by Crippen LogP contribution is 2.29. The number of thiazole rings is 1. The average Bonchev–Trinajstić information content (AvgIpc) is 3.10. The lowest BCUT2D eigenvalue weighted by atomic mass is 10.1. The predicted molar refractivity (Wildman–Crippen MR) is 111 cm³/mol. The summed E-state index contributed by atoms with van der Waals surface area (Å²) in [5, 5.41) is 3.51. The first-order valence-corrected chi connectivity index (χ1v) is 10.1. The number of rotatable bonds is 6. The van der Waals surface area contributed by atoms with E-state index in [2.05, 4.69) is 27.3 Å². The molecule has 1 amide bonds. The van der Waals surface area contributed by atoms with Gasteiger partial charge in [-0.25, -0.2) is 4.98 Å². The minimum atomic E-state index is -0.105. The third-order valence-electron chi connectivity index (χ3n) is 4.73. The Hall–Kier alpha value is -2.48. The van der Waals surface area contributed by atoms with Crippen molar-refractivity contribution in [2.45, 2.75) is 19.1 Å². The largest absolute Gasteiger partial charge is 0.497 e. The van der Waals surface area contributed by atoms with Gasteiger partial charge in [0.1, 0.15) is 5.75 Å². The van der Waals surface area contributed by atoms with E-state index in [1.54, 1.807) is 7.11 Å². The van der Waals surface area contributed by atoms with Gasteiger partial charge in [-0.15, -0.1) is 0 Å². The van der Waals surface area contributed by atoms with E-state index in [4.69, 9.17) is 9.47 Å². The highest BCUT2D eigenvalue weighted by atomic mass is 32.1. The van der Waals surface area contributed by atoms with E-state index >= 15 is 0 Å². The molecule has 0 spiro atoms. The number of carbonyl (C=O) groups is 1. The van der Waals surface area contributed by atoms with Gasteiger partial charge < -0.3 is 14.8 Å². The zero-order valence-electron chi connectivity index (χ0n) is 15.8. The molecule has 1 saturated heterocycles. The van der Waals surface area contributed by atoms with Crippen molar-refractivity contribution in [1.82, 2.24) is 9.88 Å². The summed E-state index contributed by atoms with van der Waals surface area (Å²) in [6.45, 7) is 3.15. The number of hydrogen-bond acceptors (Lipinski definition) is 6. The Morgan fingerprint density at radius 1 is 1.32 bits per heavy atom. The van der Waals surface area contributed by atoms with Gasteiger partial charge in [-0.2, -0.15) is 0 Å². The average molecular weight is 398 g/mol. The SMILES string of the molecule is COc1ccc2nc(NC(=O)CC3CN(Cc4ccccc4)CCO3)sc2c1. The lowest BCUT2D eigenvalue weighted by molar-refractivity contribution is -0.121. The van der Waals surface area contributed by atoms with Crippen LogP contribution in [0.4, 0.5) is 5.13 Å². The first-order valence-electron chi connectivity index (χ1n) is 9.32. The molecule has 146 valence electrons. The number of fused-ring (bicyclic) bond motifs is 1. The van der Waals surface area contributed by atoms with Crippen LogP contribution >= 0.6 is 11.3 Å². The van der Waals surface area contributed by atoms with Gasteiger partial charge in [0, 0.05) is 19.6 Å². The van der Waals surface area contributed by atoms with Crippen molar-refractivity contribution in [3.05, 3.63) is 54.1 Å². The molecule has 1 fully saturated rings. The number of hydrogen-bond donors (Lipinski definition) is 1. The Labute approximate surface area is 168 Å². The number of anilines is 1. The molecule has 3 aromatic rings. The molecule has 0 aliphatic carbocycles. The summed E-state index contributed by atoms with van der Waals surface area (Å²) in [7, 11) is 1.64. The monoisotopic (exact) mass is 397 g/mol. The molecule has 1 N–H and O–H groups in total. The van der Waals surface area contributed by atoms with Crippen molar-refractivity contribution in [1.29, 1.82) is 0 Å². The summed E-state index contributed by atoms with van der Waals surface area (Å²) in [4.78, 5) is 19.3. The van der Waals surface area contributed by atoms with E-state index in [0.29, 0.717) is 18.2 Å². The van der Waals surface area contributed by atoms with E-state index < -0.39 is 0 Å². The van der Waals surface area contributed by atoms with Crippen LogP contribution in [0, 0.1) is 0 Å². The Kier molecular flexibility index (Phi) is 5.85. The minimum Gasteiger partial charge on any atom is -0.497 e. The fourth-order valence-electron chi connectivity index (χ4n) is 3.35. The summed E-state index contributed by atoms with van der Waals surface area (Å²) < 4.78 is 12.0. The van der Waals surface area contributed by atoms with Crippen molar-refractivity contribution < 1.29 is 14.3 Å². The molecule has 2 heterocycles. The van der Waals surface area contributed by atoms with Crippen LogP contribution in [0.2, 0.25) is 0 Å². The third kappa shape index (κ3) is 4.67. The maximum atomic E-state index is 12.5. The number of benzene rings is 2. The van der Waals surface area contributed by atoms with Crippen LogP contribution in [0.25, 0.3) is 10.2 Å². The molecule has 1 aliphatic rings. The topological polar surface area (TPSA) is 63.7 Å². The van der Waals surface area contributed by atoms with Crippen LogP contribution < -0.4 is 10.1 Å². The second-order valence-electron chi connectivity index (χ2n) is 6.82. The van der Waals surface area contributed by atoms with Crippen LogP contribution in [-0.2, 0) is 16.1 Å². The Morgan fingerprint density at radius 3 is 3.00 bits per heavy atom. The summed E-state index contributed by atoms with van der Waals surface area (Å²) in [5.41, 5.74) is 2.13. The number of nitrogens with zero attached hydrogens (tertiary/aromatic N) is 2. The molecular formula is C21H23N3O3S. The normalized spacial score (nSPS) is 17.5. The van der Waals surface area contributed by atoms with Gasteiger partial charge in [-0.1, -0.05) is 41.7 Å². The molecule has 1 unspecified atom stereocenters. The smallest absolute Gasteiger partial charge is 0.228 e. The van der Waals surface area contributed by atoms with E-state index in [0.717, 1.165) is 35.6 Å². The maximum absolute atomic E-state index is 12.5. The van der Waals surface area contributed by atoms with Crippen LogP contribution in [0.15, 0.2) is 48.5 Å². The van der Waals surface area contributed by atoms with Gasteiger partial charge in [-0.05, 0) is 23.8 Å². The molecule has 1 atom stereocenters. The maximum Gasteiger partial charge on any atom is 0.228 e. The second kappa shape index (κ2) is 8.68. The Bertz CT molecular complexity index is 944. The zero-order chi connectivity index (χ0) is 19.3. The molecule has 7 heteroatoms. The molecule has 0 saturated carbocycles. The second-order valence-corrected chi connectivity index (χ2v) is 7.85. The molecule has 0 radical (unpaired) electrons. The lowest BCUT2D eigenvalue weighted by Gasteiger charge is -2.32. The van der Waals surface area contributed by atoms with Crippen LogP contribution in [0.3, 0.4) is 0 Å². The predicted octanol–water partition coefficient (Wildman–Crippen LogP) is 3.53. The van der Waals surface area contributed by atoms with Crippen molar-refractivity contribution in [3.63, 3.8) is 0 Å². The zero-order valence-corrected chi connectivity index (χ0v) is 16.6. The van der Waals surface area contributed by atoms with Gasteiger partial charge in [0.2, 0.25) is 5.91 Å². The molecule has 0 bridgehead atoms. The van der Waals surface area contributed by atoms with Crippen LogP contribution in [0.1, 0.15) is 12.0 Å².